The van der Waals surface area contributed by atoms with Crippen molar-refractivity contribution in [3.8, 4) is 11.4 Å². The number of carbonyl (C=O) groups excluding carboxylic acids is 1. The highest BCUT2D eigenvalue weighted by Crippen LogP contribution is 2.18. The van der Waals surface area contributed by atoms with Crippen LogP contribution in [-0.4, -0.2) is 26.4 Å². The summed E-state index contributed by atoms with van der Waals surface area (Å²) in [5.41, 5.74) is 2.35. The van der Waals surface area contributed by atoms with E-state index in [9.17, 15) is 14.3 Å². The molecule has 110 valence electrons. The number of hydrogen-bond acceptors (Lipinski definition) is 4. The highest BCUT2D eigenvalue weighted by atomic mass is 19.1. The standard InChI is InChI=1S/C16H12FN3O2/c17-12-3-1-11(2-4-12)9-16-15(10-21)18-19-20(16)13-5-7-14(22)8-6-13/h1-8,10,22H,9H2. The van der Waals surface area contributed by atoms with E-state index in [1.807, 2.05) is 0 Å². The number of halogens is 1. The third-order valence-corrected chi connectivity index (χ3v) is 3.28. The van der Waals surface area contributed by atoms with E-state index in [1.165, 1.54) is 28.9 Å². The molecule has 0 atom stereocenters. The minimum Gasteiger partial charge on any atom is -0.508 e. The summed E-state index contributed by atoms with van der Waals surface area (Å²) < 4.78 is 14.5. The first-order valence-corrected chi connectivity index (χ1v) is 6.61. The molecular weight excluding hydrogens is 285 g/mol. The first-order chi connectivity index (χ1) is 10.7. The number of hydrogen-bond donors (Lipinski definition) is 1. The van der Waals surface area contributed by atoms with Crippen molar-refractivity contribution < 1.29 is 14.3 Å². The highest BCUT2D eigenvalue weighted by molar-refractivity contribution is 5.73. The fraction of sp³-hybridized carbons (Fsp3) is 0.0625. The predicted octanol–water partition coefficient (Wildman–Crippen LogP) is 2.52. The maximum Gasteiger partial charge on any atom is 0.172 e. The van der Waals surface area contributed by atoms with Gasteiger partial charge in [-0.15, -0.1) is 5.10 Å². The summed E-state index contributed by atoms with van der Waals surface area (Å²) >= 11 is 0. The lowest BCUT2D eigenvalue weighted by atomic mass is 10.1. The van der Waals surface area contributed by atoms with Crippen molar-refractivity contribution in [1.29, 1.82) is 0 Å². The molecule has 0 saturated carbocycles. The lowest BCUT2D eigenvalue weighted by molar-refractivity contribution is 0.111. The molecule has 0 spiro atoms. The van der Waals surface area contributed by atoms with Gasteiger partial charge in [-0.25, -0.2) is 9.07 Å². The van der Waals surface area contributed by atoms with Gasteiger partial charge < -0.3 is 5.11 Å². The summed E-state index contributed by atoms with van der Waals surface area (Å²) in [5.74, 6) is -0.177. The van der Waals surface area contributed by atoms with Crippen molar-refractivity contribution in [2.24, 2.45) is 0 Å². The first-order valence-electron chi connectivity index (χ1n) is 6.61. The summed E-state index contributed by atoms with van der Waals surface area (Å²) in [6.07, 6.45) is 1.03. The number of aromatic nitrogens is 3. The summed E-state index contributed by atoms with van der Waals surface area (Å²) in [6.45, 7) is 0. The maximum absolute atomic E-state index is 13.0. The SMILES string of the molecule is O=Cc1nnn(-c2ccc(O)cc2)c1Cc1ccc(F)cc1. The Bertz CT molecular complexity index is 795. The van der Waals surface area contributed by atoms with Crippen LogP contribution in [-0.2, 0) is 6.42 Å². The van der Waals surface area contributed by atoms with E-state index in [1.54, 1.807) is 24.3 Å². The monoisotopic (exact) mass is 297 g/mol. The van der Waals surface area contributed by atoms with E-state index in [0.29, 0.717) is 24.1 Å². The molecule has 0 aliphatic heterocycles. The van der Waals surface area contributed by atoms with Crippen LogP contribution < -0.4 is 0 Å². The van der Waals surface area contributed by atoms with Crippen LogP contribution in [0.1, 0.15) is 21.7 Å². The average Bonchev–Trinajstić information content (AvgIpc) is 2.93. The van der Waals surface area contributed by atoms with Crippen LogP contribution in [0.15, 0.2) is 48.5 Å². The Hall–Kier alpha value is -3.02. The van der Waals surface area contributed by atoms with Crippen molar-refractivity contribution >= 4 is 6.29 Å². The van der Waals surface area contributed by atoms with Crippen molar-refractivity contribution in [2.45, 2.75) is 6.42 Å². The molecule has 0 saturated heterocycles. The van der Waals surface area contributed by atoms with Crippen LogP contribution in [0.4, 0.5) is 4.39 Å². The van der Waals surface area contributed by atoms with Gasteiger partial charge in [0.1, 0.15) is 17.3 Å². The van der Waals surface area contributed by atoms with Gasteiger partial charge in [0.2, 0.25) is 0 Å². The molecule has 22 heavy (non-hydrogen) atoms. The number of nitrogens with zero attached hydrogens (tertiary/aromatic N) is 3. The number of carbonyl (C=O) groups is 1. The fourth-order valence-electron chi connectivity index (χ4n) is 2.17. The van der Waals surface area contributed by atoms with Gasteiger partial charge in [-0.2, -0.15) is 0 Å². The van der Waals surface area contributed by atoms with E-state index in [-0.39, 0.29) is 17.3 Å². The van der Waals surface area contributed by atoms with Gasteiger partial charge in [0.15, 0.2) is 6.29 Å². The van der Waals surface area contributed by atoms with Crippen LogP contribution in [0.5, 0.6) is 5.75 Å². The van der Waals surface area contributed by atoms with Crippen molar-refractivity contribution in [2.75, 3.05) is 0 Å². The maximum atomic E-state index is 13.0. The average molecular weight is 297 g/mol. The molecule has 0 bridgehead atoms. The van der Waals surface area contributed by atoms with E-state index < -0.39 is 0 Å². The Labute approximate surface area is 125 Å². The quantitative estimate of drug-likeness (QED) is 0.751. The zero-order chi connectivity index (χ0) is 15.5. The first kappa shape index (κ1) is 13.9. The molecule has 3 aromatic rings. The smallest absolute Gasteiger partial charge is 0.172 e. The minimum atomic E-state index is -0.315. The molecule has 5 nitrogen and oxygen atoms in total. The fourth-order valence-corrected chi connectivity index (χ4v) is 2.17. The summed E-state index contributed by atoms with van der Waals surface area (Å²) in [4.78, 5) is 11.2. The molecule has 1 N–H and O–H groups in total. The van der Waals surface area contributed by atoms with Gasteiger partial charge in [0.05, 0.1) is 11.4 Å². The molecule has 0 aliphatic rings. The van der Waals surface area contributed by atoms with E-state index in [4.69, 9.17) is 0 Å². The highest BCUT2D eigenvalue weighted by Gasteiger charge is 2.14. The lowest BCUT2D eigenvalue weighted by Gasteiger charge is -2.07. The summed E-state index contributed by atoms with van der Waals surface area (Å²) in [6, 6.07) is 12.4. The molecule has 0 fully saturated rings. The number of phenolic OH excluding ortho intramolecular Hbond substituents is 1. The molecule has 0 unspecified atom stereocenters. The van der Waals surface area contributed by atoms with Gasteiger partial charge in [-0.3, -0.25) is 4.79 Å². The van der Waals surface area contributed by atoms with Gasteiger partial charge in [0, 0.05) is 6.42 Å². The van der Waals surface area contributed by atoms with E-state index in [0.717, 1.165) is 5.56 Å². The zero-order valence-corrected chi connectivity index (χ0v) is 11.5. The second-order valence-electron chi connectivity index (χ2n) is 4.77. The van der Waals surface area contributed by atoms with Gasteiger partial charge in [0.25, 0.3) is 0 Å². The Kier molecular flexibility index (Phi) is 3.65. The Balaban J connectivity index is 2.01. The predicted molar refractivity (Wildman–Crippen MR) is 77.6 cm³/mol. The second kappa shape index (κ2) is 5.77. The normalized spacial score (nSPS) is 10.6. The zero-order valence-electron chi connectivity index (χ0n) is 11.5. The van der Waals surface area contributed by atoms with Gasteiger partial charge >= 0.3 is 0 Å². The van der Waals surface area contributed by atoms with Crippen molar-refractivity contribution in [1.82, 2.24) is 15.0 Å². The number of benzene rings is 2. The molecule has 0 amide bonds. The lowest BCUT2D eigenvalue weighted by Crippen LogP contribution is -2.04. The van der Waals surface area contributed by atoms with Crippen LogP contribution in [0.25, 0.3) is 5.69 Å². The third kappa shape index (κ3) is 2.71. The molecular formula is C16H12FN3O2. The molecule has 2 aromatic carbocycles. The number of aldehydes is 1. The molecule has 1 aromatic heterocycles. The third-order valence-electron chi connectivity index (χ3n) is 3.28. The Morgan fingerprint density at radius 2 is 1.77 bits per heavy atom. The van der Waals surface area contributed by atoms with Crippen LogP contribution in [0.2, 0.25) is 0 Å². The van der Waals surface area contributed by atoms with Crippen LogP contribution in [0.3, 0.4) is 0 Å². The largest absolute Gasteiger partial charge is 0.508 e. The molecule has 1 heterocycles. The second-order valence-corrected chi connectivity index (χ2v) is 4.77. The summed E-state index contributed by atoms with van der Waals surface area (Å²) in [7, 11) is 0. The number of rotatable bonds is 4. The topological polar surface area (TPSA) is 68.0 Å². The minimum absolute atomic E-state index is 0.138. The van der Waals surface area contributed by atoms with Crippen LogP contribution >= 0.6 is 0 Å². The molecule has 0 aliphatic carbocycles. The number of aromatic hydroxyl groups is 1. The molecule has 3 rings (SSSR count). The van der Waals surface area contributed by atoms with E-state index >= 15 is 0 Å². The van der Waals surface area contributed by atoms with Crippen LogP contribution in [0, 0.1) is 5.82 Å². The molecule has 0 radical (unpaired) electrons. The van der Waals surface area contributed by atoms with Crippen molar-refractivity contribution in [3.05, 3.63) is 71.3 Å². The van der Waals surface area contributed by atoms with Gasteiger partial charge in [-0.05, 0) is 42.0 Å². The Morgan fingerprint density at radius 3 is 2.41 bits per heavy atom. The Morgan fingerprint density at radius 1 is 1.09 bits per heavy atom. The molecule has 6 heteroatoms. The summed E-state index contributed by atoms with van der Waals surface area (Å²) in [5, 5.41) is 17.2. The van der Waals surface area contributed by atoms with Gasteiger partial charge in [-0.1, -0.05) is 17.3 Å². The number of phenols is 1. The van der Waals surface area contributed by atoms with E-state index in [2.05, 4.69) is 10.3 Å². The van der Waals surface area contributed by atoms with Crippen molar-refractivity contribution in [3.63, 3.8) is 0 Å².